The van der Waals surface area contributed by atoms with Crippen LogP contribution in [0.2, 0.25) is 0 Å². The first-order chi connectivity index (χ1) is 19.0. The molecule has 1 heterocycles. The molecule has 2 N–H and O–H groups in total. The molecule has 9 nitrogen and oxygen atoms in total. The predicted octanol–water partition coefficient (Wildman–Crippen LogP) is 2.84. The molecule has 0 radical (unpaired) electrons. The van der Waals surface area contributed by atoms with Crippen molar-refractivity contribution in [2.75, 3.05) is 26.3 Å². The Morgan fingerprint density at radius 3 is 2.08 bits per heavy atom. The standard InChI is InChI=1S/C29H35N3O6S2/c1-21-17-22(2)28(23(3)18-21)39(34,35)31-27(19-24-7-5-4-6-8-24)29(33)30-20-25-9-11-26(12-10-25)40(36,37)32-13-15-38-16-14-32/h4-12,17-18,27,31H,13-16,19-20H2,1-3H3,(H,30,33)/t27-/m1/s1. The van der Waals surface area contributed by atoms with Crippen LogP contribution in [0.5, 0.6) is 0 Å². The molecule has 1 amide bonds. The van der Waals surface area contributed by atoms with Crippen molar-refractivity contribution in [3.05, 3.63) is 94.5 Å². The van der Waals surface area contributed by atoms with Crippen molar-refractivity contribution in [3.63, 3.8) is 0 Å². The fraction of sp³-hybridized carbons (Fsp3) is 0.345. The normalized spacial score (nSPS) is 15.5. The van der Waals surface area contributed by atoms with E-state index in [0.29, 0.717) is 43.0 Å². The van der Waals surface area contributed by atoms with Crippen LogP contribution in [0.4, 0.5) is 0 Å². The third-order valence-corrected chi connectivity index (χ3v) is 10.5. The van der Waals surface area contributed by atoms with E-state index in [1.807, 2.05) is 37.3 Å². The second kappa shape index (κ2) is 12.6. The molecule has 11 heteroatoms. The van der Waals surface area contributed by atoms with E-state index >= 15 is 0 Å². The third kappa shape index (κ3) is 7.15. The molecule has 0 aliphatic carbocycles. The highest BCUT2D eigenvalue weighted by Gasteiger charge is 2.29. The van der Waals surface area contributed by atoms with Gasteiger partial charge in [0.05, 0.1) is 23.0 Å². The molecule has 0 saturated carbocycles. The number of hydrogen-bond acceptors (Lipinski definition) is 6. The van der Waals surface area contributed by atoms with Crippen LogP contribution in [0.3, 0.4) is 0 Å². The minimum Gasteiger partial charge on any atom is -0.379 e. The van der Waals surface area contributed by atoms with E-state index in [1.54, 1.807) is 38.1 Å². The summed E-state index contributed by atoms with van der Waals surface area (Å²) < 4.78 is 62.0. The minimum absolute atomic E-state index is 0.103. The molecule has 3 aromatic carbocycles. The molecule has 214 valence electrons. The van der Waals surface area contributed by atoms with Crippen molar-refractivity contribution in [1.29, 1.82) is 0 Å². The number of carbonyl (C=O) groups excluding carboxylic acids is 1. The highest BCUT2D eigenvalue weighted by Crippen LogP contribution is 2.23. The Hall–Kier alpha value is -3.09. The van der Waals surface area contributed by atoms with E-state index in [0.717, 1.165) is 11.1 Å². The molecule has 4 rings (SSSR count). The molecule has 1 atom stereocenters. The first-order valence-corrected chi connectivity index (χ1v) is 16.0. The number of morpholine rings is 1. The number of rotatable bonds is 10. The van der Waals surface area contributed by atoms with Crippen LogP contribution in [0.1, 0.15) is 27.8 Å². The van der Waals surface area contributed by atoms with Gasteiger partial charge in [0.2, 0.25) is 26.0 Å². The van der Waals surface area contributed by atoms with E-state index in [-0.39, 0.29) is 22.8 Å². The molecule has 1 aliphatic rings. The van der Waals surface area contributed by atoms with Gasteiger partial charge in [0.1, 0.15) is 6.04 Å². The number of sulfonamides is 2. The molecule has 1 fully saturated rings. The molecule has 1 saturated heterocycles. The number of ether oxygens (including phenoxy) is 1. The van der Waals surface area contributed by atoms with E-state index in [4.69, 9.17) is 4.74 Å². The maximum atomic E-state index is 13.5. The van der Waals surface area contributed by atoms with Crippen molar-refractivity contribution in [3.8, 4) is 0 Å². The number of aryl methyl sites for hydroxylation is 3. The summed E-state index contributed by atoms with van der Waals surface area (Å²) in [4.78, 5) is 13.7. The van der Waals surface area contributed by atoms with Crippen molar-refractivity contribution >= 4 is 26.0 Å². The first-order valence-electron chi connectivity index (χ1n) is 13.1. The molecule has 1 aliphatic heterocycles. The maximum absolute atomic E-state index is 13.5. The van der Waals surface area contributed by atoms with Gasteiger partial charge in [0.15, 0.2) is 0 Å². The lowest BCUT2D eigenvalue weighted by molar-refractivity contribution is -0.122. The Labute approximate surface area is 236 Å². The third-order valence-electron chi connectivity index (χ3n) is 6.77. The van der Waals surface area contributed by atoms with E-state index in [1.165, 1.54) is 16.4 Å². The average Bonchev–Trinajstić information content (AvgIpc) is 2.92. The molecule has 0 unspecified atom stereocenters. The van der Waals surface area contributed by atoms with Gasteiger partial charge >= 0.3 is 0 Å². The number of benzene rings is 3. The van der Waals surface area contributed by atoms with Crippen molar-refractivity contribution < 1.29 is 26.4 Å². The van der Waals surface area contributed by atoms with Gasteiger partial charge in [-0.25, -0.2) is 16.8 Å². The summed E-state index contributed by atoms with van der Waals surface area (Å²) in [6.45, 7) is 6.82. The molecule has 0 aromatic heterocycles. The van der Waals surface area contributed by atoms with Crippen LogP contribution in [0.15, 0.2) is 76.5 Å². The quantitative estimate of drug-likeness (QED) is 0.378. The Bertz CT molecular complexity index is 1530. The van der Waals surface area contributed by atoms with Crippen LogP contribution >= 0.6 is 0 Å². The average molecular weight is 586 g/mol. The topological polar surface area (TPSA) is 122 Å². The minimum atomic E-state index is -4.01. The van der Waals surface area contributed by atoms with E-state index in [2.05, 4.69) is 10.0 Å². The Morgan fingerprint density at radius 1 is 0.875 bits per heavy atom. The SMILES string of the molecule is Cc1cc(C)c(S(=O)(=O)N[C@H](Cc2ccccc2)C(=O)NCc2ccc(S(=O)(=O)N3CCOCC3)cc2)c(C)c1. The summed E-state index contributed by atoms with van der Waals surface area (Å²) in [5.74, 6) is -0.486. The molecular weight excluding hydrogens is 550 g/mol. The maximum Gasteiger partial charge on any atom is 0.243 e. The number of hydrogen-bond donors (Lipinski definition) is 2. The van der Waals surface area contributed by atoms with E-state index < -0.39 is 32.0 Å². The molecule has 40 heavy (non-hydrogen) atoms. The van der Waals surface area contributed by atoms with Crippen molar-refractivity contribution in [1.82, 2.24) is 14.3 Å². The Balaban J connectivity index is 1.50. The van der Waals surface area contributed by atoms with Crippen molar-refractivity contribution in [2.24, 2.45) is 0 Å². The highest BCUT2D eigenvalue weighted by atomic mass is 32.2. The van der Waals surface area contributed by atoms with E-state index in [9.17, 15) is 21.6 Å². The summed E-state index contributed by atoms with van der Waals surface area (Å²) >= 11 is 0. The van der Waals surface area contributed by atoms with Gasteiger partial charge in [-0.15, -0.1) is 0 Å². The zero-order valence-corrected chi connectivity index (χ0v) is 24.5. The zero-order chi connectivity index (χ0) is 28.9. The monoisotopic (exact) mass is 585 g/mol. The van der Waals surface area contributed by atoms with Crippen LogP contribution in [-0.2, 0) is 42.5 Å². The second-order valence-corrected chi connectivity index (χ2v) is 13.6. The summed E-state index contributed by atoms with van der Waals surface area (Å²) in [6, 6.07) is 18.0. The van der Waals surface area contributed by atoms with Gasteiger partial charge in [-0.2, -0.15) is 9.03 Å². The number of nitrogens with one attached hydrogen (secondary N) is 2. The molecule has 3 aromatic rings. The fourth-order valence-electron chi connectivity index (χ4n) is 4.90. The van der Waals surface area contributed by atoms with Crippen molar-refractivity contribution in [2.45, 2.75) is 49.6 Å². The number of carbonyl (C=O) groups is 1. The smallest absolute Gasteiger partial charge is 0.243 e. The zero-order valence-electron chi connectivity index (χ0n) is 22.9. The van der Waals surface area contributed by atoms with Gasteiger partial charge in [-0.05, 0) is 61.6 Å². The summed E-state index contributed by atoms with van der Waals surface area (Å²) in [5.41, 5.74) is 3.66. The summed E-state index contributed by atoms with van der Waals surface area (Å²) in [7, 11) is -7.63. The lowest BCUT2D eigenvalue weighted by Crippen LogP contribution is -2.48. The van der Waals surface area contributed by atoms with Gasteiger partial charge in [0, 0.05) is 19.6 Å². The highest BCUT2D eigenvalue weighted by molar-refractivity contribution is 7.89. The Kier molecular flexibility index (Phi) is 9.42. The second-order valence-electron chi connectivity index (χ2n) is 9.97. The van der Waals surface area contributed by atoms with Crippen LogP contribution in [-0.4, -0.2) is 59.4 Å². The molecule has 0 bridgehead atoms. The van der Waals surface area contributed by atoms with Crippen LogP contribution < -0.4 is 10.0 Å². The summed E-state index contributed by atoms with van der Waals surface area (Å²) in [5, 5.41) is 2.81. The van der Waals surface area contributed by atoms with Crippen LogP contribution in [0, 0.1) is 20.8 Å². The van der Waals surface area contributed by atoms with Gasteiger partial charge in [-0.1, -0.05) is 60.2 Å². The van der Waals surface area contributed by atoms with Gasteiger partial charge in [-0.3, -0.25) is 4.79 Å². The van der Waals surface area contributed by atoms with Crippen LogP contribution in [0.25, 0.3) is 0 Å². The van der Waals surface area contributed by atoms with Gasteiger partial charge in [0.25, 0.3) is 0 Å². The lowest BCUT2D eigenvalue weighted by atomic mass is 10.1. The molecule has 0 spiro atoms. The number of amides is 1. The summed E-state index contributed by atoms with van der Waals surface area (Å²) in [6.07, 6.45) is 0.159. The number of nitrogens with zero attached hydrogens (tertiary/aromatic N) is 1. The largest absolute Gasteiger partial charge is 0.379 e. The molecular formula is C29H35N3O6S2. The Morgan fingerprint density at radius 2 is 1.48 bits per heavy atom. The lowest BCUT2D eigenvalue weighted by Gasteiger charge is -2.26. The fourth-order valence-corrected chi connectivity index (χ4v) is 7.96. The van der Waals surface area contributed by atoms with Gasteiger partial charge < -0.3 is 10.1 Å². The first kappa shape index (κ1) is 29.9. The predicted molar refractivity (Wildman–Crippen MR) is 153 cm³/mol.